The van der Waals surface area contributed by atoms with Crippen LogP contribution in [0.5, 0.6) is 0 Å². The van der Waals surface area contributed by atoms with Crippen LogP contribution in [0.3, 0.4) is 0 Å². The van der Waals surface area contributed by atoms with Crippen molar-refractivity contribution in [2.24, 2.45) is 7.05 Å². The molecule has 0 aliphatic carbocycles. The first-order valence-corrected chi connectivity index (χ1v) is 5.30. The minimum absolute atomic E-state index is 0.669. The molecule has 8 heteroatoms. The molecule has 19 heavy (non-hydrogen) atoms. The second-order valence-electron chi connectivity index (χ2n) is 3.78. The van der Waals surface area contributed by atoms with Crippen molar-refractivity contribution >= 4 is 23.9 Å². The number of aliphatic carboxylic acids is 2. The van der Waals surface area contributed by atoms with E-state index in [4.69, 9.17) is 10.2 Å². The van der Waals surface area contributed by atoms with Crippen LogP contribution in [0.15, 0.2) is 18.5 Å². The molecule has 0 aliphatic rings. The Kier molecular flexibility index (Phi) is 4.81. The van der Waals surface area contributed by atoms with Gasteiger partial charge in [-0.3, -0.25) is 14.3 Å². The summed E-state index contributed by atoms with van der Waals surface area (Å²) in [6, 6.07) is -1.46. The van der Waals surface area contributed by atoms with Gasteiger partial charge in [0.1, 0.15) is 6.04 Å². The Labute approximate surface area is 108 Å². The van der Waals surface area contributed by atoms with Crippen LogP contribution in [0.25, 0.3) is 6.08 Å². The molecular weight excluding hydrogens is 254 g/mol. The number of amides is 1. The second kappa shape index (κ2) is 6.34. The third-order valence-corrected chi connectivity index (χ3v) is 2.15. The zero-order valence-corrected chi connectivity index (χ0v) is 10.1. The van der Waals surface area contributed by atoms with Gasteiger partial charge in [0.15, 0.2) is 0 Å². The quantitative estimate of drug-likeness (QED) is 0.596. The van der Waals surface area contributed by atoms with Crippen molar-refractivity contribution in [2.75, 3.05) is 0 Å². The SMILES string of the molecule is Cn1cc(/C=C/C(=O)N[C@@H](CC(=O)O)C(=O)O)cn1. The summed E-state index contributed by atoms with van der Waals surface area (Å²) in [4.78, 5) is 32.6. The summed E-state index contributed by atoms with van der Waals surface area (Å²) >= 11 is 0. The molecule has 1 amide bonds. The highest BCUT2D eigenvalue weighted by Gasteiger charge is 2.21. The number of nitrogens with one attached hydrogen (secondary N) is 1. The minimum atomic E-state index is -1.46. The van der Waals surface area contributed by atoms with E-state index in [9.17, 15) is 14.4 Å². The van der Waals surface area contributed by atoms with Gasteiger partial charge in [-0.25, -0.2) is 4.79 Å². The lowest BCUT2D eigenvalue weighted by Gasteiger charge is -2.10. The van der Waals surface area contributed by atoms with Crippen LogP contribution < -0.4 is 5.32 Å². The number of nitrogens with zero attached hydrogens (tertiary/aromatic N) is 2. The number of aromatic nitrogens is 2. The molecule has 102 valence electrons. The molecule has 1 aromatic rings. The molecule has 0 saturated carbocycles. The molecule has 1 atom stereocenters. The zero-order chi connectivity index (χ0) is 14.4. The van der Waals surface area contributed by atoms with Crippen LogP contribution in [-0.2, 0) is 21.4 Å². The molecule has 0 saturated heterocycles. The van der Waals surface area contributed by atoms with E-state index in [1.54, 1.807) is 17.9 Å². The fraction of sp³-hybridized carbons (Fsp3) is 0.273. The number of carboxylic acid groups (broad SMARTS) is 2. The molecule has 0 unspecified atom stereocenters. The second-order valence-corrected chi connectivity index (χ2v) is 3.78. The predicted octanol–water partition coefficient (Wildman–Crippen LogP) is -0.523. The fourth-order valence-electron chi connectivity index (χ4n) is 1.29. The van der Waals surface area contributed by atoms with Gasteiger partial charge >= 0.3 is 11.9 Å². The lowest BCUT2D eigenvalue weighted by atomic mass is 10.2. The van der Waals surface area contributed by atoms with Crippen LogP contribution in [0, 0.1) is 0 Å². The summed E-state index contributed by atoms with van der Waals surface area (Å²) in [7, 11) is 1.71. The van der Waals surface area contributed by atoms with Gasteiger partial charge in [0.25, 0.3) is 0 Å². The largest absolute Gasteiger partial charge is 0.481 e. The maximum absolute atomic E-state index is 11.4. The van der Waals surface area contributed by atoms with E-state index in [0.29, 0.717) is 5.56 Å². The number of aryl methyl sites for hydroxylation is 1. The van der Waals surface area contributed by atoms with Crippen LogP contribution in [-0.4, -0.2) is 43.9 Å². The topological polar surface area (TPSA) is 122 Å². The molecule has 0 fully saturated rings. The summed E-state index contributed by atoms with van der Waals surface area (Å²) in [6.07, 6.45) is 5.07. The number of carbonyl (C=O) groups excluding carboxylic acids is 1. The number of carbonyl (C=O) groups is 3. The Morgan fingerprint density at radius 3 is 2.63 bits per heavy atom. The number of hydrogen-bond donors (Lipinski definition) is 3. The molecule has 8 nitrogen and oxygen atoms in total. The Balaban J connectivity index is 2.60. The number of carboxylic acids is 2. The Bertz CT molecular complexity index is 520. The standard InChI is InChI=1S/C11H13N3O5/c1-14-6-7(5-12-14)2-3-9(15)13-8(11(18)19)4-10(16)17/h2-3,5-6,8H,4H2,1H3,(H,13,15)(H,16,17)(H,18,19)/b3-2+/t8-/m0/s1. The molecular formula is C11H13N3O5. The van der Waals surface area contributed by atoms with Gasteiger partial charge in [-0.05, 0) is 6.08 Å². The van der Waals surface area contributed by atoms with Gasteiger partial charge in [-0.1, -0.05) is 0 Å². The summed E-state index contributed by atoms with van der Waals surface area (Å²) in [5.41, 5.74) is 0.669. The highest BCUT2D eigenvalue weighted by Crippen LogP contribution is 1.99. The smallest absolute Gasteiger partial charge is 0.326 e. The summed E-state index contributed by atoms with van der Waals surface area (Å²) in [5, 5.41) is 23.2. The average Bonchev–Trinajstić information content (AvgIpc) is 2.71. The first kappa shape index (κ1) is 14.4. The van der Waals surface area contributed by atoms with E-state index in [0.717, 1.165) is 6.08 Å². The van der Waals surface area contributed by atoms with Gasteiger partial charge < -0.3 is 15.5 Å². The Morgan fingerprint density at radius 2 is 2.16 bits per heavy atom. The van der Waals surface area contributed by atoms with E-state index < -0.39 is 30.3 Å². The molecule has 0 aliphatic heterocycles. The van der Waals surface area contributed by atoms with Crippen molar-refractivity contribution < 1.29 is 24.6 Å². The van der Waals surface area contributed by atoms with Gasteiger partial charge in [-0.2, -0.15) is 5.10 Å². The number of rotatable bonds is 6. The van der Waals surface area contributed by atoms with Crippen molar-refractivity contribution in [3.63, 3.8) is 0 Å². The van der Waals surface area contributed by atoms with Gasteiger partial charge in [0, 0.05) is 24.9 Å². The molecule has 0 aromatic carbocycles. The van der Waals surface area contributed by atoms with Crippen molar-refractivity contribution in [1.82, 2.24) is 15.1 Å². The minimum Gasteiger partial charge on any atom is -0.481 e. The van der Waals surface area contributed by atoms with Gasteiger partial charge in [0.2, 0.25) is 5.91 Å². The van der Waals surface area contributed by atoms with Crippen molar-refractivity contribution in [3.05, 3.63) is 24.0 Å². The van der Waals surface area contributed by atoms with Crippen molar-refractivity contribution in [2.45, 2.75) is 12.5 Å². The molecule has 3 N–H and O–H groups in total. The number of hydrogen-bond acceptors (Lipinski definition) is 4. The monoisotopic (exact) mass is 267 g/mol. The molecule has 0 radical (unpaired) electrons. The van der Waals surface area contributed by atoms with E-state index >= 15 is 0 Å². The molecule has 1 rings (SSSR count). The Hall–Kier alpha value is -2.64. The highest BCUT2D eigenvalue weighted by molar-refractivity contribution is 5.95. The van der Waals surface area contributed by atoms with E-state index in [1.165, 1.54) is 12.3 Å². The third kappa shape index (κ3) is 5.02. The van der Waals surface area contributed by atoms with Crippen LogP contribution >= 0.6 is 0 Å². The van der Waals surface area contributed by atoms with E-state index in [-0.39, 0.29) is 0 Å². The van der Waals surface area contributed by atoms with E-state index in [1.807, 2.05) is 0 Å². The van der Waals surface area contributed by atoms with Crippen LogP contribution in [0.4, 0.5) is 0 Å². The average molecular weight is 267 g/mol. The van der Waals surface area contributed by atoms with Crippen molar-refractivity contribution in [1.29, 1.82) is 0 Å². The third-order valence-electron chi connectivity index (χ3n) is 2.15. The molecule has 0 spiro atoms. The van der Waals surface area contributed by atoms with Crippen LogP contribution in [0.1, 0.15) is 12.0 Å². The first-order valence-electron chi connectivity index (χ1n) is 5.30. The predicted molar refractivity (Wildman–Crippen MR) is 64.1 cm³/mol. The molecule has 1 heterocycles. The first-order chi connectivity index (χ1) is 8.88. The Morgan fingerprint density at radius 1 is 1.47 bits per heavy atom. The van der Waals surface area contributed by atoms with Gasteiger partial charge in [0.05, 0.1) is 12.6 Å². The summed E-state index contributed by atoms with van der Waals surface area (Å²) < 4.78 is 1.54. The zero-order valence-electron chi connectivity index (χ0n) is 10.1. The van der Waals surface area contributed by atoms with Crippen LogP contribution in [0.2, 0.25) is 0 Å². The maximum Gasteiger partial charge on any atom is 0.326 e. The van der Waals surface area contributed by atoms with E-state index in [2.05, 4.69) is 10.4 Å². The van der Waals surface area contributed by atoms with Gasteiger partial charge in [-0.15, -0.1) is 0 Å². The lowest BCUT2D eigenvalue weighted by Crippen LogP contribution is -2.41. The lowest BCUT2D eigenvalue weighted by molar-refractivity contribution is -0.146. The summed E-state index contributed by atoms with van der Waals surface area (Å²) in [5.74, 6) is -3.38. The van der Waals surface area contributed by atoms with Crippen molar-refractivity contribution in [3.8, 4) is 0 Å². The molecule has 1 aromatic heterocycles. The normalized spacial score (nSPS) is 12.3. The maximum atomic E-state index is 11.4. The highest BCUT2D eigenvalue weighted by atomic mass is 16.4. The molecule has 0 bridgehead atoms. The summed E-state index contributed by atoms with van der Waals surface area (Å²) in [6.45, 7) is 0. The fourth-order valence-corrected chi connectivity index (χ4v) is 1.29.